The molecule has 8 heteroatoms. The summed E-state index contributed by atoms with van der Waals surface area (Å²) in [4.78, 5) is 12.9. The monoisotopic (exact) mass is 490 g/mol. The first kappa shape index (κ1) is 24.1. The molecule has 0 fully saturated rings. The molecule has 4 aromatic carbocycles. The molecule has 0 aliphatic rings. The average Bonchev–Trinajstić information content (AvgIpc) is 2.86. The van der Waals surface area contributed by atoms with Gasteiger partial charge in [-0.1, -0.05) is 60.7 Å². The number of nitrogens with zero attached hydrogens (tertiary/aromatic N) is 1. The van der Waals surface area contributed by atoms with Crippen LogP contribution >= 0.6 is 0 Å². The minimum Gasteiger partial charge on any atom is -0.455 e. The Morgan fingerprint density at radius 3 is 2.09 bits per heavy atom. The molecule has 0 atom stereocenters. The van der Waals surface area contributed by atoms with Gasteiger partial charge in [-0.3, -0.25) is 4.79 Å². The number of rotatable bonds is 9. The number of hydrogen-bond acceptors (Lipinski definition) is 4. The molecule has 35 heavy (non-hydrogen) atoms. The van der Waals surface area contributed by atoms with E-state index in [9.17, 15) is 17.6 Å². The zero-order valence-corrected chi connectivity index (χ0v) is 19.5. The molecule has 1 amide bonds. The van der Waals surface area contributed by atoms with E-state index >= 15 is 0 Å². The maximum absolute atomic E-state index is 13.4. The Hall–Kier alpha value is -4.01. The SMILES string of the molecule is O=C(CN(Cc1ccccc1)S(=O)(=O)c1ccc(F)cc1)Nc1ccccc1Oc1ccccc1. The van der Waals surface area contributed by atoms with Gasteiger partial charge in [0.2, 0.25) is 15.9 Å². The highest BCUT2D eigenvalue weighted by Crippen LogP contribution is 2.29. The molecule has 1 N–H and O–H groups in total. The van der Waals surface area contributed by atoms with Crippen LogP contribution in [0.3, 0.4) is 0 Å². The summed E-state index contributed by atoms with van der Waals surface area (Å²) >= 11 is 0. The van der Waals surface area contributed by atoms with E-state index in [0.717, 1.165) is 16.4 Å². The predicted octanol–water partition coefficient (Wildman–Crippen LogP) is 5.45. The summed E-state index contributed by atoms with van der Waals surface area (Å²) < 4.78 is 47.0. The Labute approximate surface area is 203 Å². The molecule has 0 spiro atoms. The molecule has 0 radical (unpaired) electrons. The van der Waals surface area contributed by atoms with Crippen LogP contribution in [0.4, 0.5) is 10.1 Å². The van der Waals surface area contributed by atoms with Gasteiger partial charge in [0.25, 0.3) is 0 Å². The quantitative estimate of drug-likeness (QED) is 0.339. The number of sulfonamides is 1. The lowest BCUT2D eigenvalue weighted by Gasteiger charge is -2.22. The minimum absolute atomic E-state index is 0.0316. The first-order valence-corrected chi connectivity index (χ1v) is 12.3. The maximum atomic E-state index is 13.4. The van der Waals surface area contributed by atoms with Crippen LogP contribution in [-0.4, -0.2) is 25.2 Å². The van der Waals surface area contributed by atoms with E-state index in [0.29, 0.717) is 22.7 Å². The van der Waals surface area contributed by atoms with E-state index in [1.165, 1.54) is 12.1 Å². The van der Waals surface area contributed by atoms with Gasteiger partial charge in [-0.25, -0.2) is 12.8 Å². The number of nitrogens with one attached hydrogen (secondary N) is 1. The Morgan fingerprint density at radius 1 is 0.800 bits per heavy atom. The lowest BCUT2D eigenvalue weighted by atomic mass is 10.2. The van der Waals surface area contributed by atoms with Gasteiger partial charge < -0.3 is 10.1 Å². The van der Waals surface area contributed by atoms with Crippen LogP contribution < -0.4 is 10.1 Å². The summed E-state index contributed by atoms with van der Waals surface area (Å²) in [7, 11) is -4.09. The molecule has 0 saturated carbocycles. The summed E-state index contributed by atoms with van der Waals surface area (Å²) in [5, 5.41) is 2.75. The zero-order chi connectivity index (χ0) is 24.7. The molecule has 178 valence electrons. The third kappa shape index (κ3) is 6.32. The lowest BCUT2D eigenvalue weighted by Crippen LogP contribution is -2.37. The summed E-state index contributed by atoms with van der Waals surface area (Å²) in [6.07, 6.45) is 0. The lowest BCUT2D eigenvalue weighted by molar-refractivity contribution is -0.116. The van der Waals surface area contributed by atoms with Crippen LogP contribution in [0.2, 0.25) is 0 Å². The highest BCUT2D eigenvalue weighted by Gasteiger charge is 2.27. The highest BCUT2D eigenvalue weighted by molar-refractivity contribution is 7.89. The second-order valence-electron chi connectivity index (χ2n) is 7.67. The number of hydrogen-bond donors (Lipinski definition) is 1. The molecule has 4 rings (SSSR count). The van der Waals surface area contributed by atoms with Crippen molar-refractivity contribution in [1.29, 1.82) is 0 Å². The average molecular weight is 491 g/mol. The first-order valence-electron chi connectivity index (χ1n) is 10.8. The maximum Gasteiger partial charge on any atom is 0.243 e. The van der Waals surface area contributed by atoms with Gasteiger partial charge in [0, 0.05) is 6.54 Å². The van der Waals surface area contributed by atoms with E-state index in [4.69, 9.17) is 4.74 Å². The van der Waals surface area contributed by atoms with E-state index in [1.54, 1.807) is 60.7 Å². The second-order valence-corrected chi connectivity index (χ2v) is 9.61. The second kappa shape index (κ2) is 10.9. The minimum atomic E-state index is -4.09. The molecular formula is C27H23FN2O4S. The number of carbonyl (C=O) groups is 1. The number of halogens is 1. The van der Waals surface area contributed by atoms with Crippen LogP contribution in [0.1, 0.15) is 5.56 Å². The molecule has 0 saturated heterocycles. The van der Waals surface area contributed by atoms with Crippen molar-refractivity contribution in [3.05, 3.63) is 121 Å². The highest BCUT2D eigenvalue weighted by atomic mass is 32.2. The fourth-order valence-corrected chi connectivity index (χ4v) is 4.78. The summed E-state index contributed by atoms with van der Waals surface area (Å²) in [6.45, 7) is -0.482. The van der Waals surface area contributed by atoms with Gasteiger partial charge in [-0.15, -0.1) is 0 Å². The van der Waals surface area contributed by atoms with Gasteiger partial charge in [-0.2, -0.15) is 4.31 Å². The molecule has 4 aromatic rings. The van der Waals surface area contributed by atoms with Crippen molar-refractivity contribution < 1.29 is 22.3 Å². The van der Waals surface area contributed by atoms with Crippen LogP contribution in [0.15, 0.2) is 114 Å². The summed E-state index contributed by atoms with van der Waals surface area (Å²) in [6, 6.07) is 29.4. The number of carbonyl (C=O) groups excluding carboxylic acids is 1. The molecule has 0 heterocycles. The number of amides is 1. The van der Waals surface area contributed by atoms with Gasteiger partial charge in [0.05, 0.1) is 17.1 Å². The van der Waals surface area contributed by atoms with Crippen molar-refractivity contribution in [3.8, 4) is 11.5 Å². The van der Waals surface area contributed by atoms with E-state index in [-0.39, 0.29) is 11.4 Å². The van der Waals surface area contributed by atoms with E-state index in [1.807, 2.05) is 24.3 Å². The summed E-state index contributed by atoms with van der Waals surface area (Å²) in [5.41, 5.74) is 1.11. The van der Waals surface area contributed by atoms with Gasteiger partial charge >= 0.3 is 0 Å². The summed E-state index contributed by atoms with van der Waals surface area (Å²) in [5.74, 6) is -0.0797. The zero-order valence-electron chi connectivity index (χ0n) is 18.7. The molecule has 0 aliphatic carbocycles. The predicted molar refractivity (Wildman–Crippen MR) is 132 cm³/mol. The number of para-hydroxylation sites is 3. The van der Waals surface area contributed by atoms with E-state index < -0.39 is 28.3 Å². The fourth-order valence-electron chi connectivity index (χ4n) is 3.39. The van der Waals surface area contributed by atoms with Crippen LogP contribution in [-0.2, 0) is 21.4 Å². The van der Waals surface area contributed by atoms with Crippen molar-refractivity contribution in [1.82, 2.24) is 4.31 Å². The Bertz CT molecular complexity index is 1380. The normalized spacial score (nSPS) is 11.3. The number of anilines is 1. The van der Waals surface area contributed by atoms with Gasteiger partial charge in [0.1, 0.15) is 11.6 Å². The third-order valence-corrected chi connectivity index (χ3v) is 6.91. The van der Waals surface area contributed by atoms with Gasteiger partial charge in [-0.05, 0) is 54.1 Å². The first-order chi connectivity index (χ1) is 16.9. The molecule has 0 aromatic heterocycles. The Morgan fingerprint density at radius 2 is 1.40 bits per heavy atom. The van der Waals surface area contributed by atoms with Crippen molar-refractivity contribution in [2.75, 3.05) is 11.9 Å². The van der Waals surface area contributed by atoms with Crippen molar-refractivity contribution >= 4 is 21.6 Å². The standard InChI is InChI=1S/C27H23FN2O4S/c28-22-15-17-24(18-16-22)35(32,33)30(19-21-9-3-1-4-10-21)20-27(31)29-25-13-7-8-14-26(25)34-23-11-5-2-6-12-23/h1-18H,19-20H2,(H,29,31). The third-order valence-electron chi connectivity index (χ3n) is 5.11. The molecular weight excluding hydrogens is 467 g/mol. The van der Waals surface area contributed by atoms with Crippen molar-refractivity contribution in [3.63, 3.8) is 0 Å². The van der Waals surface area contributed by atoms with Crippen LogP contribution in [0.25, 0.3) is 0 Å². The molecule has 0 bridgehead atoms. The Balaban J connectivity index is 1.57. The van der Waals surface area contributed by atoms with Crippen LogP contribution in [0.5, 0.6) is 11.5 Å². The molecule has 0 aliphatic heterocycles. The van der Waals surface area contributed by atoms with Gasteiger partial charge in [0.15, 0.2) is 5.75 Å². The van der Waals surface area contributed by atoms with Crippen LogP contribution in [0, 0.1) is 5.82 Å². The molecule has 6 nitrogen and oxygen atoms in total. The number of ether oxygens (including phenoxy) is 1. The fraction of sp³-hybridized carbons (Fsp3) is 0.0741. The largest absolute Gasteiger partial charge is 0.455 e. The molecule has 0 unspecified atom stereocenters. The number of benzene rings is 4. The van der Waals surface area contributed by atoms with E-state index in [2.05, 4.69) is 5.32 Å². The Kier molecular flexibility index (Phi) is 7.54. The topological polar surface area (TPSA) is 75.7 Å². The smallest absolute Gasteiger partial charge is 0.243 e. The van der Waals surface area contributed by atoms with Crippen molar-refractivity contribution in [2.45, 2.75) is 11.4 Å². The van der Waals surface area contributed by atoms with Crippen molar-refractivity contribution in [2.24, 2.45) is 0 Å².